The van der Waals surface area contributed by atoms with Crippen molar-refractivity contribution in [2.75, 3.05) is 14.1 Å². The van der Waals surface area contributed by atoms with Gasteiger partial charge in [-0.1, -0.05) is 6.92 Å². The predicted octanol–water partition coefficient (Wildman–Crippen LogP) is 2.85. The minimum Gasteiger partial charge on any atom is -0.507 e. The molecule has 0 saturated heterocycles. The van der Waals surface area contributed by atoms with Crippen LogP contribution < -0.4 is 5.43 Å². The van der Waals surface area contributed by atoms with E-state index in [2.05, 4.69) is 0 Å². The van der Waals surface area contributed by atoms with Crippen molar-refractivity contribution in [1.29, 1.82) is 0 Å². The molecule has 0 saturated carbocycles. The van der Waals surface area contributed by atoms with Crippen LogP contribution in [0.25, 0.3) is 11.0 Å². The van der Waals surface area contributed by atoms with Gasteiger partial charge >= 0.3 is 0 Å². The van der Waals surface area contributed by atoms with Gasteiger partial charge in [-0.15, -0.1) is 12.4 Å². The van der Waals surface area contributed by atoms with Gasteiger partial charge in [0.2, 0.25) is 0 Å². The second-order valence-electron chi connectivity index (χ2n) is 5.01. The number of fused-ring (bicyclic) bond motifs is 1. The Hall–Kier alpha value is -1.52. The number of hydrogen-bond acceptors (Lipinski definition) is 4. The van der Waals surface area contributed by atoms with E-state index in [9.17, 15) is 9.90 Å². The van der Waals surface area contributed by atoms with Gasteiger partial charge in [0.05, 0.1) is 10.9 Å². The summed E-state index contributed by atoms with van der Waals surface area (Å²) in [6.45, 7) is 4.26. The van der Waals surface area contributed by atoms with Gasteiger partial charge in [0.1, 0.15) is 17.1 Å². The van der Waals surface area contributed by atoms with Gasteiger partial charge in [0.15, 0.2) is 5.43 Å². The van der Waals surface area contributed by atoms with E-state index in [1.165, 1.54) is 0 Å². The van der Waals surface area contributed by atoms with Crippen molar-refractivity contribution < 1.29 is 9.52 Å². The van der Waals surface area contributed by atoms with E-state index < -0.39 is 0 Å². The lowest BCUT2D eigenvalue weighted by atomic mass is 10.1. The van der Waals surface area contributed by atoms with Gasteiger partial charge in [-0.2, -0.15) is 0 Å². The van der Waals surface area contributed by atoms with E-state index in [0.717, 1.165) is 0 Å². The lowest BCUT2D eigenvalue weighted by Crippen LogP contribution is -2.14. The van der Waals surface area contributed by atoms with Crippen molar-refractivity contribution in [3.63, 3.8) is 0 Å². The molecule has 0 spiro atoms. The number of phenols is 1. The van der Waals surface area contributed by atoms with Crippen molar-refractivity contribution in [2.45, 2.75) is 26.8 Å². The van der Waals surface area contributed by atoms with Crippen molar-refractivity contribution >= 4 is 23.4 Å². The average molecular weight is 298 g/mol. The smallest absolute Gasteiger partial charge is 0.195 e. The summed E-state index contributed by atoms with van der Waals surface area (Å²) in [6.07, 6.45) is 0.661. The van der Waals surface area contributed by atoms with Gasteiger partial charge in [-0.3, -0.25) is 4.79 Å². The minimum atomic E-state index is -0.0156. The van der Waals surface area contributed by atoms with Crippen LogP contribution in [0.5, 0.6) is 5.75 Å². The normalized spacial score (nSPS) is 10.8. The van der Waals surface area contributed by atoms with Gasteiger partial charge in [-0.05, 0) is 33.2 Å². The van der Waals surface area contributed by atoms with Crippen LogP contribution in [-0.2, 0) is 13.0 Å². The van der Waals surface area contributed by atoms with Crippen molar-refractivity contribution in [2.24, 2.45) is 0 Å². The first-order chi connectivity index (χ1) is 8.95. The second kappa shape index (κ2) is 6.29. The van der Waals surface area contributed by atoms with Crippen LogP contribution in [0.2, 0.25) is 0 Å². The number of hydrogen-bond donors (Lipinski definition) is 1. The molecule has 1 N–H and O–H groups in total. The largest absolute Gasteiger partial charge is 0.507 e. The number of aryl methyl sites for hydroxylation is 1. The molecule has 20 heavy (non-hydrogen) atoms. The molecule has 1 aromatic heterocycles. The Labute approximate surface area is 124 Å². The van der Waals surface area contributed by atoms with E-state index in [-0.39, 0.29) is 23.6 Å². The van der Waals surface area contributed by atoms with Crippen LogP contribution >= 0.6 is 12.4 Å². The molecule has 0 amide bonds. The van der Waals surface area contributed by atoms with Gasteiger partial charge in [0.25, 0.3) is 0 Å². The molecule has 0 radical (unpaired) electrons. The van der Waals surface area contributed by atoms with Crippen LogP contribution in [0, 0.1) is 6.92 Å². The predicted molar refractivity (Wildman–Crippen MR) is 82.9 cm³/mol. The molecule has 5 heteroatoms. The summed E-state index contributed by atoms with van der Waals surface area (Å²) in [4.78, 5) is 14.2. The van der Waals surface area contributed by atoms with Crippen molar-refractivity contribution in [3.8, 4) is 5.75 Å². The van der Waals surface area contributed by atoms with Crippen molar-refractivity contribution in [1.82, 2.24) is 4.90 Å². The molecule has 4 nitrogen and oxygen atoms in total. The number of halogens is 1. The van der Waals surface area contributed by atoms with Gasteiger partial charge in [-0.25, -0.2) is 0 Å². The van der Waals surface area contributed by atoms with Crippen LogP contribution in [0.3, 0.4) is 0 Å². The first-order valence-corrected chi connectivity index (χ1v) is 6.37. The molecular formula is C15H20ClNO3. The fraction of sp³-hybridized carbons (Fsp3) is 0.400. The Morgan fingerprint density at radius 2 is 1.95 bits per heavy atom. The Kier molecular flexibility index (Phi) is 5.20. The van der Waals surface area contributed by atoms with Crippen molar-refractivity contribution in [3.05, 3.63) is 39.2 Å². The summed E-state index contributed by atoms with van der Waals surface area (Å²) >= 11 is 0. The number of nitrogens with zero attached hydrogens (tertiary/aromatic N) is 1. The van der Waals surface area contributed by atoms with E-state index in [0.29, 0.717) is 40.8 Å². The average Bonchev–Trinajstić information content (AvgIpc) is 2.36. The molecule has 0 aliphatic heterocycles. The highest BCUT2D eigenvalue weighted by atomic mass is 35.5. The minimum absolute atomic E-state index is 0. The number of phenolic OH excluding ortho intramolecular Hbond substituents is 1. The highest BCUT2D eigenvalue weighted by Gasteiger charge is 2.15. The molecular weight excluding hydrogens is 278 g/mol. The molecule has 0 bridgehead atoms. The first-order valence-electron chi connectivity index (χ1n) is 6.37. The third-order valence-electron chi connectivity index (χ3n) is 3.26. The molecule has 0 aliphatic carbocycles. The zero-order valence-corrected chi connectivity index (χ0v) is 13.0. The van der Waals surface area contributed by atoms with E-state index >= 15 is 0 Å². The molecule has 110 valence electrons. The van der Waals surface area contributed by atoms with Gasteiger partial charge in [0, 0.05) is 18.5 Å². The third kappa shape index (κ3) is 2.81. The van der Waals surface area contributed by atoms with E-state index in [4.69, 9.17) is 4.42 Å². The lowest BCUT2D eigenvalue weighted by molar-refractivity contribution is 0.383. The topological polar surface area (TPSA) is 53.7 Å². The zero-order chi connectivity index (χ0) is 14.2. The standard InChI is InChI=1S/C15H19NO3.ClH/c1-5-13-9(2)14(18)10-6-7-12(17)11(8-16(3)4)15(10)19-13;/h6-7,17H,5,8H2,1-4H3;1H. The molecule has 1 aromatic carbocycles. The summed E-state index contributed by atoms with van der Waals surface area (Å²) in [5, 5.41) is 10.5. The highest BCUT2D eigenvalue weighted by molar-refractivity contribution is 5.85. The summed E-state index contributed by atoms with van der Waals surface area (Å²) in [6, 6.07) is 3.19. The highest BCUT2D eigenvalue weighted by Crippen LogP contribution is 2.28. The Morgan fingerprint density at radius 1 is 1.30 bits per heavy atom. The van der Waals surface area contributed by atoms with Crippen LogP contribution in [0.15, 0.2) is 21.3 Å². The number of rotatable bonds is 3. The van der Waals surface area contributed by atoms with Crippen LogP contribution in [-0.4, -0.2) is 24.1 Å². The van der Waals surface area contributed by atoms with Crippen LogP contribution in [0.1, 0.15) is 23.8 Å². The zero-order valence-electron chi connectivity index (χ0n) is 12.2. The fourth-order valence-corrected chi connectivity index (χ4v) is 2.25. The second-order valence-corrected chi connectivity index (χ2v) is 5.01. The molecule has 0 fully saturated rings. The lowest BCUT2D eigenvalue weighted by Gasteiger charge is -2.14. The quantitative estimate of drug-likeness (QED) is 0.946. The third-order valence-corrected chi connectivity index (χ3v) is 3.26. The summed E-state index contributed by atoms with van der Waals surface area (Å²) in [7, 11) is 3.82. The van der Waals surface area contributed by atoms with Gasteiger partial charge < -0.3 is 14.4 Å². The maximum absolute atomic E-state index is 12.3. The first kappa shape index (κ1) is 16.5. The maximum atomic E-state index is 12.3. The van der Waals surface area contributed by atoms with Crippen LogP contribution in [0.4, 0.5) is 0 Å². The molecule has 2 aromatic rings. The molecule has 0 atom stereocenters. The molecule has 0 unspecified atom stereocenters. The molecule has 1 heterocycles. The summed E-state index contributed by atoms with van der Waals surface area (Å²) in [5.41, 5.74) is 1.80. The fourth-order valence-electron chi connectivity index (χ4n) is 2.25. The maximum Gasteiger partial charge on any atom is 0.195 e. The van der Waals surface area contributed by atoms with E-state index in [1.807, 2.05) is 25.9 Å². The summed E-state index contributed by atoms with van der Waals surface area (Å²) < 4.78 is 5.85. The molecule has 2 rings (SSSR count). The Bertz CT molecular complexity index is 677. The monoisotopic (exact) mass is 297 g/mol. The Morgan fingerprint density at radius 3 is 2.50 bits per heavy atom. The molecule has 0 aliphatic rings. The SMILES string of the molecule is CCc1oc2c(CN(C)C)c(O)ccc2c(=O)c1C.Cl. The number of aromatic hydroxyl groups is 1. The van der Waals surface area contributed by atoms with E-state index in [1.54, 1.807) is 19.1 Å². The number of benzene rings is 1. The summed E-state index contributed by atoms with van der Waals surface area (Å²) in [5.74, 6) is 0.846. The Balaban J connectivity index is 0.00000200.